The van der Waals surface area contributed by atoms with Crippen molar-refractivity contribution in [2.75, 3.05) is 40.0 Å². The van der Waals surface area contributed by atoms with Crippen molar-refractivity contribution >= 4 is 15.9 Å². The highest BCUT2D eigenvalue weighted by atomic mass is 32.2. The number of likely N-dealkylation sites (N-methyl/N-ethyl adjacent to an activating group) is 1. The molecule has 1 atom stereocenters. The van der Waals surface area contributed by atoms with Crippen molar-refractivity contribution in [2.24, 2.45) is 5.92 Å². The molecular weight excluding hydrogens is 306 g/mol. The molecule has 0 bridgehead atoms. The highest BCUT2D eigenvalue weighted by Crippen LogP contribution is 2.18. The third-order valence-corrected chi connectivity index (χ3v) is 4.87. The summed E-state index contributed by atoms with van der Waals surface area (Å²) in [7, 11) is 0.493. The topological polar surface area (TPSA) is 87.5 Å². The van der Waals surface area contributed by atoms with E-state index in [1.54, 1.807) is 16.9 Å². The predicted octanol–water partition coefficient (Wildman–Crippen LogP) is -1.05. The lowest BCUT2D eigenvalue weighted by atomic mass is 10.1. The minimum absolute atomic E-state index is 0.140. The normalized spacial score (nSPS) is 19.7. The van der Waals surface area contributed by atoms with E-state index in [1.807, 2.05) is 19.0 Å². The lowest BCUT2D eigenvalue weighted by molar-refractivity contribution is -0.125. The minimum Gasteiger partial charge on any atom is -0.354 e. The largest absolute Gasteiger partial charge is 0.354 e. The Kier molecular flexibility index (Phi) is 5.20. The van der Waals surface area contributed by atoms with Gasteiger partial charge in [-0.2, -0.15) is 9.40 Å². The van der Waals surface area contributed by atoms with Crippen molar-refractivity contribution in [3.63, 3.8) is 0 Å². The summed E-state index contributed by atoms with van der Waals surface area (Å²) in [6.45, 7) is 2.09. The Bertz CT molecular complexity index is 625. The zero-order chi connectivity index (χ0) is 16.3. The molecule has 22 heavy (non-hydrogen) atoms. The van der Waals surface area contributed by atoms with Crippen LogP contribution in [-0.4, -0.2) is 73.3 Å². The van der Waals surface area contributed by atoms with Gasteiger partial charge in [-0.25, -0.2) is 8.42 Å². The van der Waals surface area contributed by atoms with E-state index in [0.29, 0.717) is 13.1 Å². The van der Waals surface area contributed by atoms with E-state index in [2.05, 4.69) is 10.4 Å². The molecule has 1 aromatic heterocycles. The fourth-order valence-electron chi connectivity index (χ4n) is 2.38. The first-order valence-corrected chi connectivity index (χ1v) is 9.00. The average Bonchev–Trinajstić information content (AvgIpc) is 2.74. The monoisotopic (exact) mass is 329 g/mol. The van der Waals surface area contributed by atoms with Gasteiger partial charge in [0.1, 0.15) is 0 Å². The molecule has 1 aliphatic heterocycles. The van der Waals surface area contributed by atoms with E-state index in [9.17, 15) is 13.2 Å². The molecule has 0 aromatic carbocycles. The molecule has 1 aliphatic rings. The number of fused-ring (bicyclic) bond motifs is 1. The number of nitrogens with zero attached hydrogens (tertiary/aromatic N) is 4. The molecule has 1 aromatic rings. The number of carbonyl (C=O) groups excluding carboxylic acids is 1. The second kappa shape index (κ2) is 6.76. The molecule has 0 saturated carbocycles. The number of hydrogen-bond donors (Lipinski definition) is 1. The summed E-state index contributed by atoms with van der Waals surface area (Å²) < 4.78 is 26.8. The van der Waals surface area contributed by atoms with Crippen molar-refractivity contribution in [3.05, 3.63) is 18.0 Å². The number of aromatic nitrogens is 2. The average molecular weight is 329 g/mol. The summed E-state index contributed by atoms with van der Waals surface area (Å²) in [5.41, 5.74) is 0.800. The fourth-order valence-corrected chi connectivity index (χ4v) is 3.20. The highest BCUT2D eigenvalue weighted by molar-refractivity contribution is 7.88. The van der Waals surface area contributed by atoms with Crippen molar-refractivity contribution in [3.8, 4) is 0 Å². The summed E-state index contributed by atoms with van der Waals surface area (Å²) in [4.78, 5) is 14.3. The Morgan fingerprint density at radius 2 is 2.18 bits per heavy atom. The van der Waals surface area contributed by atoms with E-state index in [0.717, 1.165) is 12.2 Å². The van der Waals surface area contributed by atoms with Gasteiger partial charge >= 0.3 is 0 Å². The number of amides is 1. The number of nitrogens with one attached hydrogen (secondary N) is 1. The van der Waals surface area contributed by atoms with Gasteiger partial charge < -0.3 is 10.2 Å². The molecule has 124 valence electrons. The molecule has 8 nitrogen and oxygen atoms in total. The van der Waals surface area contributed by atoms with Gasteiger partial charge in [-0.15, -0.1) is 0 Å². The van der Waals surface area contributed by atoms with Crippen molar-refractivity contribution < 1.29 is 13.2 Å². The highest BCUT2D eigenvalue weighted by Gasteiger charge is 2.31. The molecule has 0 saturated heterocycles. The van der Waals surface area contributed by atoms with Gasteiger partial charge in [-0.3, -0.25) is 9.48 Å². The van der Waals surface area contributed by atoms with Crippen LogP contribution in [0.25, 0.3) is 0 Å². The molecule has 2 rings (SSSR count). The van der Waals surface area contributed by atoms with E-state index < -0.39 is 15.9 Å². The SMILES string of the molecule is CN(C)CCNC(=O)C1CN(S(C)(=O)=O)Cc2ccnn2C1. The second-order valence-electron chi connectivity index (χ2n) is 5.85. The minimum atomic E-state index is -3.37. The first-order chi connectivity index (χ1) is 10.3. The standard InChI is InChI=1S/C13H23N5O3S/c1-16(2)7-6-14-13(19)11-8-17(22(3,20)21)10-12-4-5-15-18(12)9-11/h4-5,11H,6-10H2,1-3H3,(H,14,19). The van der Waals surface area contributed by atoms with Crippen LogP contribution < -0.4 is 5.32 Å². The third kappa shape index (κ3) is 4.28. The maximum Gasteiger partial charge on any atom is 0.226 e. The molecule has 0 radical (unpaired) electrons. The molecular formula is C13H23N5O3S. The third-order valence-electron chi connectivity index (χ3n) is 3.66. The van der Waals surface area contributed by atoms with E-state index in [4.69, 9.17) is 0 Å². The van der Waals surface area contributed by atoms with E-state index in [1.165, 1.54) is 10.6 Å². The molecule has 1 unspecified atom stereocenters. The van der Waals surface area contributed by atoms with Crippen LogP contribution in [0.5, 0.6) is 0 Å². The van der Waals surface area contributed by atoms with E-state index >= 15 is 0 Å². The zero-order valence-electron chi connectivity index (χ0n) is 13.2. The maximum atomic E-state index is 12.3. The summed E-state index contributed by atoms with van der Waals surface area (Å²) in [6, 6.07) is 1.78. The Morgan fingerprint density at radius 3 is 2.82 bits per heavy atom. The molecule has 9 heteroatoms. The Morgan fingerprint density at radius 1 is 1.45 bits per heavy atom. The van der Waals surface area contributed by atoms with Gasteiger partial charge in [0, 0.05) is 25.8 Å². The van der Waals surface area contributed by atoms with Crippen molar-refractivity contribution in [2.45, 2.75) is 13.1 Å². The Hall–Kier alpha value is -1.45. The van der Waals surface area contributed by atoms with Crippen LogP contribution in [0.15, 0.2) is 12.3 Å². The molecule has 2 heterocycles. The number of hydrogen-bond acceptors (Lipinski definition) is 5. The molecule has 0 spiro atoms. The van der Waals surface area contributed by atoms with Gasteiger partial charge in [0.15, 0.2) is 0 Å². The van der Waals surface area contributed by atoms with E-state index in [-0.39, 0.29) is 19.0 Å². The summed E-state index contributed by atoms with van der Waals surface area (Å²) in [5, 5.41) is 7.04. The molecule has 0 aliphatic carbocycles. The van der Waals surface area contributed by atoms with Gasteiger partial charge in [0.25, 0.3) is 0 Å². The number of carbonyl (C=O) groups is 1. The van der Waals surface area contributed by atoms with Crippen molar-refractivity contribution in [1.29, 1.82) is 0 Å². The maximum absolute atomic E-state index is 12.3. The van der Waals surface area contributed by atoms with Gasteiger partial charge in [-0.1, -0.05) is 0 Å². The smallest absolute Gasteiger partial charge is 0.226 e. The lowest BCUT2D eigenvalue weighted by Crippen LogP contribution is -2.42. The second-order valence-corrected chi connectivity index (χ2v) is 7.83. The summed E-state index contributed by atoms with van der Waals surface area (Å²) >= 11 is 0. The lowest BCUT2D eigenvalue weighted by Gasteiger charge is -2.21. The van der Waals surface area contributed by atoms with Crippen LogP contribution in [0, 0.1) is 5.92 Å². The molecule has 1 N–H and O–H groups in total. The summed E-state index contributed by atoms with van der Waals surface area (Å²) in [6.07, 6.45) is 2.79. The Balaban J connectivity index is 2.12. The van der Waals surface area contributed by atoms with Gasteiger partial charge in [-0.05, 0) is 20.2 Å². The zero-order valence-corrected chi connectivity index (χ0v) is 14.0. The first-order valence-electron chi connectivity index (χ1n) is 7.15. The van der Waals surface area contributed by atoms with Gasteiger partial charge in [0.05, 0.1) is 31.0 Å². The van der Waals surface area contributed by atoms with Gasteiger partial charge in [0.2, 0.25) is 15.9 Å². The number of rotatable bonds is 5. The van der Waals surface area contributed by atoms with Crippen LogP contribution in [0.3, 0.4) is 0 Å². The van der Waals surface area contributed by atoms with Crippen LogP contribution >= 0.6 is 0 Å². The van der Waals surface area contributed by atoms with Crippen molar-refractivity contribution in [1.82, 2.24) is 24.3 Å². The van der Waals surface area contributed by atoms with Crippen LogP contribution in [-0.2, 0) is 27.9 Å². The number of sulfonamides is 1. The molecule has 1 amide bonds. The Labute approximate surface area is 131 Å². The fraction of sp³-hybridized carbons (Fsp3) is 0.692. The summed E-state index contributed by atoms with van der Waals surface area (Å²) in [5.74, 6) is -0.586. The quantitative estimate of drug-likeness (QED) is 0.745. The van der Waals surface area contributed by atoms with Crippen LogP contribution in [0.4, 0.5) is 0 Å². The predicted molar refractivity (Wildman–Crippen MR) is 82.5 cm³/mol. The van der Waals surface area contributed by atoms with Crippen LogP contribution in [0.1, 0.15) is 5.69 Å². The molecule has 0 fully saturated rings. The first kappa shape index (κ1) is 16.9. The van der Waals surface area contributed by atoms with Crippen LogP contribution in [0.2, 0.25) is 0 Å².